The Morgan fingerprint density at radius 1 is 1.00 bits per heavy atom. The Labute approximate surface area is 122 Å². The molecule has 3 nitrogen and oxygen atoms in total. The molecule has 0 heterocycles. The van der Waals surface area contributed by atoms with E-state index < -0.39 is 32.7 Å². The topological polar surface area (TPSA) is 51.2 Å². The molecular formula is C16H13FO3S. The summed E-state index contributed by atoms with van der Waals surface area (Å²) in [5.74, 6) is -1.51. The normalized spacial score (nSPS) is 24.5. The van der Waals surface area contributed by atoms with Gasteiger partial charge in [-0.05, 0) is 29.8 Å². The lowest BCUT2D eigenvalue weighted by Crippen LogP contribution is -2.10. The monoisotopic (exact) mass is 304 g/mol. The summed E-state index contributed by atoms with van der Waals surface area (Å²) in [5, 5.41) is -0.806. The second-order valence-corrected chi connectivity index (χ2v) is 7.22. The van der Waals surface area contributed by atoms with Crippen LogP contribution in [-0.4, -0.2) is 20.0 Å². The Hall–Kier alpha value is -2.01. The van der Waals surface area contributed by atoms with E-state index in [4.69, 9.17) is 0 Å². The van der Waals surface area contributed by atoms with E-state index in [1.165, 1.54) is 30.3 Å². The lowest BCUT2D eigenvalue weighted by molar-refractivity contribution is -0.108. The number of sulfone groups is 1. The first-order valence-corrected chi connectivity index (χ1v) is 8.10. The van der Waals surface area contributed by atoms with Crippen molar-refractivity contribution in [1.29, 1.82) is 0 Å². The van der Waals surface area contributed by atoms with E-state index in [-0.39, 0.29) is 4.90 Å². The van der Waals surface area contributed by atoms with Gasteiger partial charge in [-0.25, -0.2) is 12.8 Å². The Balaban J connectivity index is 1.98. The van der Waals surface area contributed by atoms with Crippen LogP contribution in [0.1, 0.15) is 11.5 Å². The van der Waals surface area contributed by atoms with Gasteiger partial charge in [0.2, 0.25) is 0 Å². The second kappa shape index (κ2) is 5.07. The van der Waals surface area contributed by atoms with E-state index in [1.807, 2.05) is 0 Å². The van der Waals surface area contributed by atoms with Gasteiger partial charge in [-0.3, -0.25) is 0 Å². The van der Waals surface area contributed by atoms with E-state index in [0.717, 1.165) is 0 Å². The molecule has 21 heavy (non-hydrogen) atoms. The summed E-state index contributed by atoms with van der Waals surface area (Å²) in [4.78, 5) is 11.4. The number of rotatable bonds is 4. The van der Waals surface area contributed by atoms with E-state index in [0.29, 0.717) is 11.8 Å². The molecule has 5 heteroatoms. The van der Waals surface area contributed by atoms with Gasteiger partial charge in [0.1, 0.15) is 12.1 Å². The lowest BCUT2D eigenvalue weighted by Gasteiger charge is -2.04. The van der Waals surface area contributed by atoms with Crippen molar-refractivity contribution in [3.05, 3.63) is 66.0 Å². The molecular weight excluding hydrogens is 291 g/mol. The summed E-state index contributed by atoms with van der Waals surface area (Å²) in [7, 11) is -3.59. The molecule has 3 rings (SSSR count). The van der Waals surface area contributed by atoms with Crippen molar-refractivity contribution in [2.75, 3.05) is 0 Å². The number of hydrogen-bond acceptors (Lipinski definition) is 3. The minimum absolute atomic E-state index is 0.195. The van der Waals surface area contributed by atoms with E-state index in [9.17, 15) is 17.6 Å². The molecule has 0 aromatic heterocycles. The Bertz CT molecular complexity index is 771. The SMILES string of the molecule is O=C[C@@H]1[C@H](c2cccc(F)c2)[C@H]1S(=O)(=O)c1ccccc1. The third-order valence-corrected chi connectivity index (χ3v) is 6.08. The highest BCUT2D eigenvalue weighted by Gasteiger charge is 2.59. The summed E-state index contributed by atoms with van der Waals surface area (Å²) >= 11 is 0. The van der Waals surface area contributed by atoms with Crippen molar-refractivity contribution in [2.24, 2.45) is 5.92 Å². The van der Waals surface area contributed by atoms with Crippen molar-refractivity contribution in [3.63, 3.8) is 0 Å². The number of hydrogen-bond donors (Lipinski definition) is 0. The van der Waals surface area contributed by atoms with Crippen molar-refractivity contribution in [2.45, 2.75) is 16.1 Å². The van der Waals surface area contributed by atoms with Crippen LogP contribution in [0.4, 0.5) is 4.39 Å². The van der Waals surface area contributed by atoms with Crippen LogP contribution in [0, 0.1) is 11.7 Å². The first kappa shape index (κ1) is 13.9. The molecule has 2 aromatic rings. The van der Waals surface area contributed by atoms with Gasteiger partial charge in [0, 0.05) is 11.8 Å². The zero-order valence-electron chi connectivity index (χ0n) is 11.0. The van der Waals surface area contributed by atoms with Gasteiger partial charge in [-0.15, -0.1) is 0 Å². The highest BCUT2D eigenvalue weighted by Crippen LogP contribution is 2.52. The summed E-state index contributed by atoms with van der Waals surface area (Å²) in [6, 6.07) is 13.8. The third kappa shape index (κ3) is 2.38. The van der Waals surface area contributed by atoms with Gasteiger partial charge in [-0.1, -0.05) is 30.3 Å². The number of carbonyl (C=O) groups excluding carboxylic acids is 1. The highest BCUT2D eigenvalue weighted by atomic mass is 32.2. The average Bonchev–Trinajstić information content (AvgIpc) is 3.23. The number of aldehydes is 1. The van der Waals surface area contributed by atoms with E-state index in [2.05, 4.69) is 0 Å². The number of benzene rings is 2. The predicted molar refractivity (Wildman–Crippen MR) is 76.1 cm³/mol. The lowest BCUT2D eigenvalue weighted by atomic mass is 10.1. The van der Waals surface area contributed by atoms with Crippen molar-refractivity contribution in [3.8, 4) is 0 Å². The van der Waals surface area contributed by atoms with Crippen LogP contribution in [0.2, 0.25) is 0 Å². The maximum Gasteiger partial charge on any atom is 0.182 e. The van der Waals surface area contributed by atoms with Crippen LogP contribution in [0.3, 0.4) is 0 Å². The molecule has 0 saturated heterocycles. The molecule has 1 fully saturated rings. The molecule has 2 aromatic carbocycles. The molecule has 0 bridgehead atoms. The zero-order chi connectivity index (χ0) is 15.0. The third-order valence-electron chi connectivity index (χ3n) is 3.83. The van der Waals surface area contributed by atoms with Gasteiger partial charge < -0.3 is 4.79 Å². The maximum absolute atomic E-state index is 13.3. The van der Waals surface area contributed by atoms with Crippen LogP contribution in [-0.2, 0) is 14.6 Å². The quantitative estimate of drug-likeness (QED) is 0.816. The van der Waals surface area contributed by atoms with E-state index >= 15 is 0 Å². The average molecular weight is 304 g/mol. The molecule has 108 valence electrons. The zero-order valence-corrected chi connectivity index (χ0v) is 11.8. The van der Waals surface area contributed by atoms with Crippen LogP contribution < -0.4 is 0 Å². The first-order chi connectivity index (χ1) is 10.1. The molecule has 0 aliphatic heterocycles. The fourth-order valence-corrected chi connectivity index (χ4v) is 4.89. The highest BCUT2D eigenvalue weighted by molar-refractivity contribution is 7.92. The van der Waals surface area contributed by atoms with Gasteiger partial charge >= 0.3 is 0 Å². The van der Waals surface area contributed by atoms with E-state index in [1.54, 1.807) is 24.3 Å². The second-order valence-electron chi connectivity index (χ2n) is 5.12. The minimum Gasteiger partial charge on any atom is -0.303 e. The number of carbonyl (C=O) groups is 1. The molecule has 1 aliphatic rings. The molecule has 3 atom stereocenters. The van der Waals surface area contributed by atoms with Crippen molar-refractivity contribution < 1.29 is 17.6 Å². The van der Waals surface area contributed by atoms with Gasteiger partial charge in [0.25, 0.3) is 0 Å². The largest absolute Gasteiger partial charge is 0.303 e. The maximum atomic E-state index is 13.3. The molecule has 1 saturated carbocycles. The first-order valence-electron chi connectivity index (χ1n) is 6.55. The smallest absolute Gasteiger partial charge is 0.182 e. The molecule has 0 radical (unpaired) electrons. The molecule has 0 unspecified atom stereocenters. The Morgan fingerprint density at radius 2 is 1.71 bits per heavy atom. The van der Waals surface area contributed by atoms with Crippen LogP contribution in [0.5, 0.6) is 0 Å². The Kier molecular flexibility index (Phi) is 3.37. The predicted octanol–water partition coefficient (Wildman–Crippen LogP) is 2.58. The Morgan fingerprint density at radius 3 is 2.33 bits per heavy atom. The number of halogens is 1. The van der Waals surface area contributed by atoms with Gasteiger partial charge in [0.05, 0.1) is 10.1 Å². The molecule has 0 spiro atoms. The summed E-state index contributed by atoms with van der Waals surface area (Å²) in [6.07, 6.45) is 0.654. The van der Waals surface area contributed by atoms with Gasteiger partial charge in [0.15, 0.2) is 9.84 Å². The summed E-state index contributed by atoms with van der Waals surface area (Å²) in [5.41, 5.74) is 0.552. The molecule has 0 amide bonds. The summed E-state index contributed by atoms with van der Waals surface area (Å²) < 4.78 is 38.5. The molecule has 1 aliphatic carbocycles. The minimum atomic E-state index is -3.59. The van der Waals surface area contributed by atoms with Gasteiger partial charge in [-0.2, -0.15) is 0 Å². The fraction of sp³-hybridized carbons (Fsp3) is 0.188. The fourth-order valence-electron chi connectivity index (χ4n) is 2.76. The molecule has 0 N–H and O–H groups in total. The van der Waals surface area contributed by atoms with Crippen molar-refractivity contribution in [1.82, 2.24) is 0 Å². The van der Waals surface area contributed by atoms with Crippen LogP contribution >= 0.6 is 0 Å². The van der Waals surface area contributed by atoms with Crippen molar-refractivity contribution >= 4 is 16.1 Å². The standard InChI is InChI=1S/C16H13FO3S/c17-12-6-4-5-11(9-12)15-14(10-18)16(15)21(19,20)13-7-2-1-3-8-13/h1-10,14-16H/t14-,15+,16+/m1/s1. The van der Waals surface area contributed by atoms with Crippen LogP contribution in [0.25, 0.3) is 0 Å². The van der Waals surface area contributed by atoms with Crippen LogP contribution in [0.15, 0.2) is 59.5 Å². The summed E-state index contributed by atoms with van der Waals surface area (Å²) in [6.45, 7) is 0.